The monoisotopic (exact) mass is 310 g/mol. The van der Waals surface area contributed by atoms with Gasteiger partial charge in [-0.25, -0.2) is 9.78 Å². The van der Waals surface area contributed by atoms with Gasteiger partial charge in [0.15, 0.2) is 15.2 Å². The van der Waals surface area contributed by atoms with E-state index in [1.165, 1.54) is 24.0 Å². The second-order valence-corrected chi connectivity index (χ2v) is 5.89. The van der Waals surface area contributed by atoms with Gasteiger partial charge in [-0.15, -0.1) is 0 Å². The summed E-state index contributed by atoms with van der Waals surface area (Å²) in [5.41, 5.74) is 2.17. The average Bonchev–Trinajstić information content (AvgIpc) is 2.79. The maximum atomic E-state index is 11.5. The molecule has 0 aliphatic carbocycles. The van der Waals surface area contributed by atoms with Gasteiger partial charge < -0.3 is 10.1 Å². The summed E-state index contributed by atoms with van der Waals surface area (Å²) in [5.74, 6) is 0.0139. The highest BCUT2D eigenvalue weighted by Crippen LogP contribution is 2.30. The molecule has 0 bridgehead atoms. The number of carbonyl (C=O) groups excluding carboxylic acids is 1. The first kappa shape index (κ1) is 14.8. The summed E-state index contributed by atoms with van der Waals surface area (Å²) >= 11 is 7.08. The highest BCUT2D eigenvalue weighted by molar-refractivity contribution is 7.18. The number of esters is 1. The molecule has 0 spiro atoms. The first-order valence-electron chi connectivity index (χ1n) is 6.13. The molecular formula is C14H15ClN2O2S. The van der Waals surface area contributed by atoms with E-state index in [9.17, 15) is 4.79 Å². The van der Waals surface area contributed by atoms with Crippen LogP contribution in [0.25, 0.3) is 0 Å². The maximum Gasteiger partial charge on any atom is 0.351 e. The van der Waals surface area contributed by atoms with Gasteiger partial charge in [-0.05, 0) is 23.6 Å². The van der Waals surface area contributed by atoms with Gasteiger partial charge in [-0.2, -0.15) is 0 Å². The molecule has 2 rings (SSSR count). The van der Waals surface area contributed by atoms with E-state index in [-0.39, 0.29) is 5.15 Å². The summed E-state index contributed by atoms with van der Waals surface area (Å²) in [7, 11) is 1.32. The predicted molar refractivity (Wildman–Crippen MR) is 82.3 cm³/mol. The summed E-state index contributed by atoms with van der Waals surface area (Å²) in [6, 6.07) is 8.07. The molecule has 4 nitrogen and oxygen atoms in total. The number of aromatic nitrogens is 1. The number of nitrogens with one attached hydrogen (secondary N) is 1. The van der Waals surface area contributed by atoms with E-state index >= 15 is 0 Å². The number of anilines is 2. The van der Waals surface area contributed by atoms with Crippen LogP contribution in [0.1, 0.15) is 35.0 Å². The van der Waals surface area contributed by atoms with E-state index in [4.69, 9.17) is 11.6 Å². The molecule has 0 amide bonds. The molecular weight excluding hydrogens is 296 g/mol. The Morgan fingerprint density at radius 3 is 2.55 bits per heavy atom. The van der Waals surface area contributed by atoms with Crippen molar-refractivity contribution in [1.82, 2.24) is 4.98 Å². The van der Waals surface area contributed by atoms with Crippen molar-refractivity contribution in [3.63, 3.8) is 0 Å². The van der Waals surface area contributed by atoms with E-state index in [0.29, 0.717) is 15.9 Å². The van der Waals surface area contributed by atoms with E-state index in [2.05, 4.69) is 41.0 Å². The number of benzene rings is 1. The van der Waals surface area contributed by atoms with Crippen molar-refractivity contribution < 1.29 is 9.53 Å². The molecule has 0 aliphatic rings. The van der Waals surface area contributed by atoms with E-state index < -0.39 is 5.97 Å². The first-order chi connectivity index (χ1) is 9.51. The van der Waals surface area contributed by atoms with Crippen molar-refractivity contribution in [3.05, 3.63) is 39.9 Å². The van der Waals surface area contributed by atoms with Crippen LogP contribution in [0.4, 0.5) is 10.8 Å². The van der Waals surface area contributed by atoms with Crippen molar-refractivity contribution in [3.8, 4) is 0 Å². The molecule has 0 atom stereocenters. The number of ether oxygens (including phenoxy) is 1. The summed E-state index contributed by atoms with van der Waals surface area (Å²) in [6.45, 7) is 4.29. The van der Waals surface area contributed by atoms with Gasteiger partial charge >= 0.3 is 5.97 Å². The number of methoxy groups -OCH3 is 1. The fourth-order valence-corrected chi connectivity index (χ4v) is 2.77. The molecule has 2 aromatic rings. The Morgan fingerprint density at radius 1 is 1.35 bits per heavy atom. The minimum atomic E-state index is -0.476. The second kappa shape index (κ2) is 6.24. The number of halogens is 1. The minimum absolute atomic E-state index is 0.156. The molecule has 0 fully saturated rings. The Bertz CT molecular complexity index is 608. The fourth-order valence-electron chi connectivity index (χ4n) is 1.65. The number of hydrogen-bond acceptors (Lipinski definition) is 5. The van der Waals surface area contributed by atoms with Crippen molar-refractivity contribution in [2.75, 3.05) is 12.4 Å². The SMILES string of the molecule is COC(=O)c1sc(Nc2ccc(C(C)C)cc2)nc1Cl. The average molecular weight is 311 g/mol. The van der Waals surface area contributed by atoms with Crippen LogP contribution < -0.4 is 5.32 Å². The lowest BCUT2D eigenvalue weighted by Gasteiger charge is -2.07. The molecule has 6 heteroatoms. The third kappa shape index (κ3) is 3.29. The zero-order valence-electron chi connectivity index (χ0n) is 11.4. The molecule has 0 aliphatic heterocycles. The first-order valence-corrected chi connectivity index (χ1v) is 7.32. The zero-order chi connectivity index (χ0) is 14.7. The Hall–Kier alpha value is -1.59. The van der Waals surface area contributed by atoms with Crippen LogP contribution in [0, 0.1) is 0 Å². The lowest BCUT2D eigenvalue weighted by atomic mass is 10.0. The number of nitrogens with zero attached hydrogens (tertiary/aromatic N) is 1. The molecule has 0 saturated carbocycles. The van der Waals surface area contributed by atoms with E-state index in [0.717, 1.165) is 5.69 Å². The normalized spacial score (nSPS) is 10.7. The van der Waals surface area contributed by atoms with Crippen molar-refractivity contribution in [2.45, 2.75) is 19.8 Å². The minimum Gasteiger partial charge on any atom is -0.465 e. The smallest absolute Gasteiger partial charge is 0.351 e. The van der Waals surface area contributed by atoms with Crippen molar-refractivity contribution in [2.24, 2.45) is 0 Å². The quantitative estimate of drug-likeness (QED) is 0.848. The Labute approximate surface area is 126 Å². The highest BCUT2D eigenvalue weighted by atomic mass is 35.5. The molecule has 1 aromatic carbocycles. The molecule has 1 heterocycles. The van der Waals surface area contributed by atoms with Crippen LogP contribution in [0.3, 0.4) is 0 Å². The summed E-state index contributed by atoms with van der Waals surface area (Å²) in [6.07, 6.45) is 0. The van der Waals surface area contributed by atoms with Crippen molar-refractivity contribution in [1.29, 1.82) is 0 Å². The second-order valence-electron chi connectivity index (χ2n) is 4.53. The highest BCUT2D eigenvalue weighted by Gasteiger charge is 2.17. The fraction of sp³-hybridized carbons (Fsp3) is 0.286. The van der Waals surface area contributed by atoms with E-state index in [1.54, 1.807) is 0 Å². The summed E-state index contributed by atoms with van der Waals surface area (Å²) < 4.78 is 4.64. The lowest BCUT2D eigenvalue weighted by molar-refractivity contribution is 0.0606. The standard InChI is InChI=1S/C14H15ClN2O2S/c1-8(2)9-4-6-10(7-5-9)16-14-17-12(15)11(20-14)13(18)19-3/h4-8H,1-3H3,(H,16,17). The molecule has 20 heavy (non-hydrogen) atoms. The van der Waals surface area contributed by atoms with Gasteiger partial charge in [0, 0.05) is 5.69 Å². The third-order valence-electron chi connectivity index (χ3n) is 2.79. The summed E-state index contributed by atoms with van der Waals surface area (Å²) in [5, 5.41) is 3.84. The van der Waals surface area contributed by atoms with Gasteiger partial charge in [-0.1, -0.05) is 48.9 Å². The number of carbonyl (C=O) groups is 1. The number of thiazole rings is 1. The van der Waals surface area contributed by atoms with Gasteiger partial charge in [0.25, 0.3) is 0 Å². The molecule has 0 radical (unpaired) electrons. The predicted octanol–water partition coefficient (Wildman–Crippen LogP) is 4.45. The summed E-state index contributed by atoms with van der Waals surface area (Å²) in [4.78, 5) is 15.9. The van der Waals surface area contributed by atoms with Crippen LogP contribution in [-0.2, 0) is 4.74 Å². The Kier molecular flexibility index (Phi) is 4.62. The number of rotatable bonds is 4. The molecule has 0 saturated heterocycles. The number of hydrogen-bond donors (Lipinski definition) is 1. The Balaban J connectivity index is 2.16. The molecule has 1 N–H and O–H groups in total. The maximum absolute atomic E-state index is 11.5. The lowest BCUT2D eigenvalue weighted by Crippen LogP contribution is -1.98. The van der Waals surface area contributed by atoms with Crippen molar-refractivity contribution >= 4 is 39.7 Å². The van der Waals surface area contributed by atoms with Crippen LogP contribution >= 0.6 is 22.9 Å². The van der Waals surface area contributed by atoms with Crippen LogP contribution in [0.15, 0.2) is 24.3 Å². The Morgan fingerprint density at radius 2 is 2.00 bits per heavy atom. The topological polar surface area (TPSA) is 51.2 Å². The van der Waals surface area contributed by atoms with Gasteiger partial charge in [0.05, 0.1) is 7.11 Å². The van der Waals surface area contributed by atoms with E-state index in [1.807, 2.05) is 12.1 Å². The largest absolute Gasteiger partial charge is 0.465 e. The van der Waals surface area contributed by atoms with Gasteiger partial charge in [0.2, 0.25) is 0 Å². The van der Waals surface area contributed by atoms with Gasteiger partial charge in [-0.3, -0.25) is 0 Å². The van der Waals surface area contributed by atoms with Gasteiger partial charge in [0.1, 0.15) is 0 Å². The van der Waals surface area contributed by atoms with Crippen LogP contribution in [0.2, 0.25) is 5.15 Å². The van der Waals surface area contributed by atoms with Crippen LogP contribution in [0.5, 0.6) is 0 Å². The molecule has 1 aromatic heterocycles. The molecule has 0 unspecified atom stereocenters. The zero-order valence-corrected chi connectivity index (χ0v) is 13.0. The third-order valence-corrected chi connectivity index (χ3v) is 4.12. The molecule has 106 valence electrons. The van der Waals surface area contributed by atoms with Crippen LogP contribution in [-0.4, -0.2) is 18.1 Å².